The quantitative estimate of drug-likeness (QED) is 0.835. The molecule has 0 spiro atoms. The Hall–Kier alpha value is -1.35. The molecule has 1 aliphatic carbocycles. The fraction of sp³-hybridized carbons (Fsp3) is 0.462. The predicted molar refractivity (Wildman–Crippen MR) is 64.4 cm³/mol. The minimum absolute atomic E-state index is 0.0563. The summed E-state index contributed by atoms with van der Waals surface area (Å²) in [6, 6.07) is 7.94. The summed E-state index contributed by atoms with van der Waals surface area (Å²) in [5.74, 6) is 0.0563. The first-order valence-electron chi connectivity index (χ1n) is 5.60. The van der Waals surface area contributed by atoms with Crippen LogP contribution in [-0.4, -0.2) is 32.0 Å². The van der Waals surface area contributed by atoms with Crippen LogP contribution in [0.3, 0.4) is 0 Å². The van der Waals surface area contributed by atoms with E-state index in [1.165, 1.54) is 18.4 Å². The van der Waals surface area contributed by atoms with Gasteiger partial charge in [0.1, 0.15) is 0 Å². The van der Waals surface area contributed by atoms with Crippen molar-refractivity contribution in [2.45, 2.75) is 18.4 Å². The van der Waals surface area contributed by atoms with E-state index in [4.69, 9.17) is 0 Å². The van der Waals surface area contributed by atoms with Crippen LogP contribution >= 0.6 is 0 Å². The Labute approximate surface area is 96.5 Å². The zero-order valence-corrected chi connectivity index (χ0v) is 10.1. The summed E-state index contributed by atoms with van der Waals surface area (Å²) >= 11 is 0. The molecule has 3 nitrogen and oxygen atoms in total. The molecule has 86 valence electrons. The summed E-state index contributed by atoms with van der Waals surface area (Å²) in [6.45, 7) is 0. The third kappa shape index (κ3) is 1.83. The Morgan fingerprint density at radius 3 is 2.19 bits per heavy atom. The Bertz CT molecular complexity index is 391. The van der Waals surface area contributed by atoms with Crippen molar-refractivity contribution in [3.05, 3.63) is 35.4 Å². The molecule has 1 fully saturated rings. The lowest BCUT2D eigenvalue weighted by Crippen LogP contribution is -2.25. The number of amides is 1. The highest BCUT2D eigenvalue weighted by Gasteiger charge is 2.42. The molecule has 1 aromatic carbocycles. The van der Waals surface area contributed by atoms with Gasteiger partial charge in [0.2, 0.25) is 0 Å². The minimum Gasteiger partial charge on any atom is -0.345 e. The maximum Gasteiger partial charge on any atom is 0.253 e. The van der Waals surface area contributed by atoms with Crippen LogP contribution in [0.1, 0.15) is 28.8 Å². The van der Waals surface area contributed by atoms with E-state index >= 15 is 0 Å². The van der Waals surface area contributed by atoms with Crippen molar-refractivity contribution in [3.63, 3.8) is 0 Å². The molecule has 0 bridgehead atoms. The summed E-state index contributed by atoms with van der Waals surface area (Å²) in [6.07, 6.45) is 2.37. The van der Waals surface area contributed by atoms with Crippen LogP contribution in [-0.2, 0) is 5.54 Å². The van der Waals surface area contributed by atoms with Gasteiger partial charge in [-0.1, -0.05) is 12.1 Å². The molecule has 0 radical (unpaired) electrons. The highest BCUT2D eigenvalue weighted by Crippen LogP contribution is 2.44. The molecule has 0 aliphatic heterocycles. The molecular formula is C13H18N2O. The van der Waals surface area contributed by atoms with Gasteiger partial charge in [-0.05, 0) is 37.6 Å². The summed E-state index contributed by atoms with van der Waals surface area (Å²) in [5, 5.41) is 3.34. The van der Waals surface area contributed by atoms with E-state index in [2.05, 4.69) is 17.4 Å². The Morgan fingerprint density at radius 2 is 1.81 bits per heavy atom. The summed E-state index contributed by atoms with van der Waals surface area (Å²) in [4.78, 5) is 13.3. The molecule has 1 amide bonds. The lowest BCUT2D eigenvalue weighted by Gasteiger charge is -2.15. The van der Waals surface area contributed by atoms with Crippen molar-refractivity contribution < 1.29 is 4.79 Å². The van der Waals surface area contributed by atoms with Crippen LogP contribution in [0.15, 0.2) is 24.3 Å². The van der Waals surface area contributed by atoms with Gasteiger partial charge in [-0.15, -0.1) is 0 Å². The molecule has 3 heteroatoms. The Kier molecular flexibility index (Phi) is 2.72. The zero-order chi connectivity index (χ0) is 11.8. The second-order valence-corrected chi connectivity index (χ2v) is 4.61. The SMILES string of the molecule is CNC1(c2ccc(C(=O)N(C)C)cc2)CC1. The van der Waals surface area contributed by atoms with Crippen molar-refractivity contribution >= 4 is 5.91 Å². The highest BCUT2D eigenvalue weighted by atomic mass is 16.2. The molecule has 1 aromatic rings. The summed E-state index contributed by atoms with van der Waals surface area (Å²) in [7, 11) is 5.53. The van der Waals surface area contributed by atoms with Gasteiger partial charge in [-0.25, -0.2) is 0 Å². The van der Waals surface area contributed by atoms with Gasteiger partial charge in [0.05, 0.1) is 0 Å². The van der Waals surface area contributed by atoms with E-state index in [0.717, 1.165) is 5.56 Å². The molecule has 0 unspecified atom stereocenters. The number of nitrogens with zero attached hydrogens (tertiary/aromatic N) is 1. The summed E-state index contributed by atoms with van der Waals surface area (Å²) < 4.78 is 0. The Balaban J connectivity index is 2.20. The number of benzene rings is 1. The molecule has 0 heterocycles. The fourth-order valence-corrected chi connectivity index (χ4v) is 2.00. The van der Waals surface area contributed by atoms with Crippen LogP contribution in [0.4, 0.5) is 0 Å². The van der Waals surface area contributed by atoms with Gasteiger partial charge in [0, 0.05) is 25.2 Å². The van der Waals surface area contributed by atoms with E-state index in [9.17, 15) is 4.79 Å². The number of hydrogen-bond donors (Lipinski definition) is 1. The predicted octanol–water partition coefficient (Wildman–Crippen LogP) is 1.60. The van der Waals surface area contributed by atoms with Gasteiger partial charge >= 0.3 is 0 Å². The molecule has 1 aliphatic rings. The van der Waals surface area contributed by atoms with Gasteiger partial charge < -0.3 is 10.2 Å². The van der Waals surface area contributed by atoms with E-state index in [0.29, 0.717) is 0 Å². The topological polar surface area (TPSA) is 32.3 Å². The van der Waals surface area contributed by atoms with Crippen LogP contribution in [0.5, 0.6) is 0 Å². The highest BCUT2D eigenvalue weighted by molar-refractivity contribution is 5.93. The molecule has 16 heavy (non-hydrogen) atoms. The maximum atomic E-state index is 11.7. The summed E-state index contributed by atoms with van der Waals surface area (Å²) in [5.41, 5.74) is 2.21. The Morgan fingerprint density at radius 1 is 1.25 bits per heavy atom. The lowest BCUT2D eigenvalue weighted by atomic mass is 10.0. The first-order valence-corrected chi connectivity index (χ1v) is 5.60. The molecule has 0 aromatic heterocycles. The normalized spacial score (nSPS) is 16.9. The average Bonchev–Trinajstić information content (AvgIpc) is 3.09. The van der Waals surface area contributed by atoms with E-state index in [1.807, 2.05) is 19.2 Å². The first kappa shape index (κ1) is 11.1. The maximum absolute atomic E-state index is 11.7. The van der Waals surface area contributed by atoms with Gasteiger partial charge in [0.25, 0.3) is 5.91 Å². The van der Waals surface area contributed by atoms with Crippen LogP contribution in [0.2, 0.25) is 0 Å². The number of carbonyl (C=O) groups is 1. The zero-order valence-electron chi connectivity index (χ0n) is 10.1. The van der Waals surface area contributed by atoms with E-state index in [-0.39, 0.29) is 11.4 Å². The van der Waals surface area contributed by atoms with E-state index < -0.39 is 0 Å². The molecule has 1 N–H and O–H groups in total. The number of rotatable bonds is 3. The minimum atomic E-state index is 0.0563. The van der Waals surface area contributed by atoms with Gasteiger partial charge in [-0.3, -0.25) is 4.79 Å². The standard InChI is InChI=1S/C13H18N2O/c1-14-13(8-9-13)11-6-4-10(5-7-11)12(16)15(2)3/h4-7,14H,8-9H2,1-3H3. The second-order valence-electron chi connectivity index (χ2n) is 4.61. The lowest BCUT2D eigenvalue weighted by molar-refractivity contribution is 0.0827. The van der Waals surface area contributed by atoms with Crippen molar-refractivity contribution in [3.8, 4) is 0 Å². The van der Waals surface area contributed by atoms with Crippen molar-refractivity contribution in [1.82, 2.24) is 10.2 Å². The van der Waals surface area contributed by atoms with Crippen LogP contribution < -0.4 is 5.32 Å². The number of nitrogens with one attached hydrogen (secondary N) is 1. The molecule has 0 atom stereocenters. The van der Waals surface area contributed by atoms with Crippen molar-refractivity contribution in [2.75, 3.05) is 21.1 Å². The van der Waals surface area contributed by atoms with Gasteiger partial charge in [-0.2, -0.15) is 0 Å². The number of carbonyl (C=O) groups excluding carboxylic acids is 1. The van der Waals surface area contributed by atoms with Crippen molar-refractivity contribution in [2.24, 2.45) is 0 Å². The van der Waals surface area contributed by atoms with E-state index in [1.54, 1.807) is 19.0 Å². The first-order chi connectivity index (χ1) is 7.59. The van der Waals surface area contributed by atoms with Gasteiger partial charge in [0.15, 0.2) is 0 Å². The molecule has 1 saturated carbocycles. The van der Waals surface area contributed by atoms with Crippen LogP contribution in [0.25, 0.3) is 0 Å². The average molecular weight is 218 g/mol. The fourth-order valence-electron chi connectivity index (χ4n) is 2.00. The molecule has 0 saturated heterocycles. The third-order valence-corrected chi connectivity index (χ3v) is 3.32. The monoisotopic (exact) mass is 218 g/mol. The van der Waals surface area contributed by atoms with Crippen molar-refractivity contribution in [1.29, 1.82) is 0 Å². The molecular weight excluding hydrogens is 200 g/mol. The third-order valence-electron chi connectivity index (χ3n) is 3.32. The largest absolute Gasteiger partial charge is 0.345 e. The smallest absolute Gasteiger partial charge is 0.253 e. The molecule has 2 rings (SSSR count). The second kappa shape index (κ2) is 3.91. The van der Waals surface area contributed by atoms with Crippen LogP contribution in [0, 0.1) is 0 Å². The number of hydrogen-bond acceptors (Lipinski definition) is 2.